The lowest BCUT2D eigenvalue weighted by Gasteiger charge is -2.32. The van der Waals surface area contributed by atoms with Gasteiger partial charge in [0.2, 0.25) is 11.8 Å². The summed E-state index contributed by atoms with van der Waals surface area (Å²) in [6, 6.07) is -0.374. The van der Waals surface area contributed by atoms with Gasteiger partial charge in [0.1, 0.15) is 5.54 Å². The molecule has 4 fully saturated rings. The summed E-state index contributed by atoms with van der Waals surface area (Å²) in [7, 11) is 0. The first-order valence-electron chi connectivity index (χ1n) is 11.2. The number of carbonyl (C=O) groups excluding carboxylic acids is 4. The lowest BCUT2D eigenvalue weighted by Crippen LogP contribution is -2.48. The molecule has 2 saturated carbocycles. The number of piperidine rings is 1. The van der Waals surface area contributed by atoms with Crippen LogP contribution in [0, 0.1) is 11.8 Å². The van der Waals surface area contributed by atoms with Crippen LogP contribution in [0.15, 0.2) is 0 Å². The van der Waals surface area contributed by atoms with Crippen LogP contribution in [0.5, 0.6) is 0 Å². The van der Waals surface area contributed by atoms with Crippen LogP contribution < -0.4 is 10.6 Å². The van der Waals surface area contributed by atoms with Crippen LogP contribution in [-0.4, -0.2) is 65.3 Å². The smallest absolute Gasteiger partial charge is 0.325 e. The molecule has 29 heavy (non-hydrogen) atoms. The van der Waals surface area contributed by atoms with Crippen molar-refractivity contribution in [3.05, 3.63) is 0 Å². The summed E-state index contributed by atoms with van der Waals surface area (Å²) in [6.45, 7) is 1.92. The summed E-state index contributed by atoms with van der Waals surface area (Å²) in [5.74, 6) is 0.258. The Morgan fingerprint density at radius 3 is 2.55 bits per heavy atom. The quantitative estimate of drug-likeness (QED) is 0.654. The highest BCUT2D eigenvalue weighted by molar-refractivity contribution is 6.07. The Bertz CT molecular complexity index is 684. The van der Waals surface area contributed by atoms with Gasteiger partial charge in [-0.1, -0.05) is 19.3 Å². The molecule has 2 N–H and O–H groups in total. The number of amides is 5. The van der Waals surface area contributed by atoms with Gasteiger partial charge in [0.25, 0.3) is 5.91 Å². The van der Waals surface area contributed by atoms with Crippen LogP contribution in [0.3, 0.4) is 0 Å². The topological polar surface area (TPSA) is 98.8 Å². The number of nitrogens with one attached hydrogen (secondary N) is 2. The Balaban J connectivity index is 1.27. The molecule has 4 aliphatic rings. The van der Waals surface area contributed by atoms with E-state index >= 15 is 0 Å². The van der Waals surface area contributed by atoms with Gasteiger partial charge in [-0.3, -0.25) is 19.3 Å². The number of rotatable bonds is 6. The fraction of sp³-hybridized carbons (Fsp3) is 0.810. The standard InChI is InChI=1S/C21H32N4O4/c26-17(24-11-4-5-16(14-24)18(27)22-13-15-6-7-15)8-12-25-19(28)21(23-20(25)29)9-2-1-3-10-21/h15-16H,1-14H2,(H,22,27)(H,23,29). The second-order valence-corrected chi connectivity index (χ2v) is 9.15. The molecule has 4 rings (SSSR count). The third-order valence-corrected chi connectivity index (χ3v) is 6.91. The SMILES string of the molecule is O=C(NCC1CC1)C1CCCN(C(=O)CCN2C(=O)NC3(CCCCC3)C2=O)C1. The van der Waals surface area contributed by atoms with Crippen molar-refractivity contribution < 1.29 is 19.2 Å². The summed E-state index contributed by atoms with van der Waals surface area (Å²) < 4.78 is 0. The zero-order chi connectivity index (χ0) is 20.4. The summed E-state index contributed by atoms with van der Waals surface area (Å²) in [5, 5.41) is 5.89. The van der Waals surface area contributed by atoms with Gasteiger partial charge in [-0.15, -0.1) is 0 Å². The fourth-order valence-corrected chi connectivity index (χ4v) is 4.87. The molecule has 0 aromatic heterocycles. The Morgan fingerprint density at radius 1 is 1.07 bits per heavy atom. The molecule has 2 heterocycles. The van der Waals surface area contributed by atoms with E-state index in [4.69, 9.17) is 0 Å². The lowest BCUT2D eigenvalue weighted by molar-refractivity contribution is -0.136. The van der Waals surface area contributed by atoms with Crippen molar-refractivity contribution >= 4 is 23.8 Å². The maximum Gasteiger partial charge on any atom is 0.325 e. The predicted octanol–water partition coefficient (Wildman–Crippen LogP) is 1.40. The van der Waals surface area contributed by atoms with Gasteiger partial charge in [0, 0.05) is 32.6 Å². The second-order valence-electron chi connectivity index (χ2n) is 9.15. The van der Waals surface area contributed by atoms with Crippen molar-refractivity contribution in [2.45, 2.75) is 69.7 Å². The maximum atomic E-state index is 12.8. The lowest BCUT2D eigenvalue weighted by atomic mass is 9.82. The van der Waals surface area contributed by atoms with Gasteiger partial charge in [-0.05, 0) is 44.4 Å². The minimum atomic E-state index is -0.742. The first kappa shape index (κ1) is 20.2. The van der Waals surface area contributed by atoms with Crippen molar-refractivity contribution in [2.75, 3.05) is 26.2 Å². The Kier molecular flexibility index (Phi) is 5.79. The van der Waals surface area contributed by atoms with Gasteiger partial charge in [0.05, 0.1) is 5.92 Å². The van der Waals surface area contributed by atoms with Crippen molar-refractivity contribution in [1.82, 2.24) is 20.4 Å². The molecular weight excluding hydrogens is 372 g/mol. The minimum Gasteiger partial charge on any atom is -0.356 e. The predicted molar refractivity (Wildman–Crippen MR) is 106 cm³/mol. The van der Waals surface area contributed by atoms with E-state index in [2.05, 4.69) is 10.6 Å². The van der Waals surface area contributed by atoms with Crippen molar-refractivity contribution in [1.29, 1.82) is 0 Å². The van der Waals surface area contributed by atoms with Crippen molar-refractivity contribution in [2.24, 2.45) is 11.8 Å². The van der Waals surface area contributed by atoms with E-state index in [9.17, 15) is 19.2 Å². The number of carbonyl (C=O) groups is 4. The molecule has 0 bridgehead atoms. The second kappa shape index (κ2) is 8.32. The Labute approximate surface area is 171 Å². The highest BCUT2D eigenvalue weighted by atomic mass is 16.2. The minimum absolute atomic E-state index is 0.0442. The third-order valence-electron chi connectivity index (χ3n) is 6.91. The molecule has 1 spiro atoms. The van der Waals surface area contributed by atoms with Gasteiger partial charge >= 0.3 is 6.03 Å². The van der Waals surface area contributed by atoms with Gasteiger partial charge < -0.3 is 15.5 Å². The number of urea groups is 1. The van der Waals surface area contributed by atoms with Crippen LogP contribution >= 0.6 is 0 Å². The summed E-state index contributed by atoms with van der Waals surface area (Å²) in [4.78, 5) is 53.2. The van der Waals surface area contributed by atoms with E-state index in [0.717, 1.165) is 38.6 Å². The first-order valence-corrected chi connectivity index (χ1v) is 11.2. The van der Waals surface area contributed by atoms with Crippen LogP contribution in [0.25, 0.3) is 0 Å². The number of nitrogens with zero attached hydrogens (tertiary/aromatic N) is 2. The Hall–Kier alpha value is -2.12. The molecule has 160 valence electrons. The van der Waals surface area contributed by atoms with Gasteiger partial charge in [-0.25, -0.2) is 4.79 Å². The molecule has 5 amide bonds. The highest BCUT2D eigenvalue weighted by Crippen LogP contribution is 2.33. The van der Waals surface area contributed by atoms with Crippen LogP contribution in [0.2, 0.25) is 0 Å². The average Bonchev–Trinajstić information content (AvgIpc) is 3.53. The molecule has 0 radical (unpaired) electrons. The average molecular weight is 405 g/mol. The van der Waals surface area contributed by atoms with Gasteiger partial charge in [0.15, 0.2) is 0 Å². The van der Waals surface area contributed by atoms with Crippen LogP contribution in [0.4, 0.5) is 4.79 Å². The molecular formula is C21H32N4O4. The summed E-state index contributed by atoms with van der Waals surface area (Å²) >= 11 is 0. The zero-order valence-electron chi connectivity index (χ0n) is 17.1. The monoisotopic (exact) mass is 404 g/mol. The number of hydrogen-bond donors (Lipinski definition) is 2. The molecule has 2 aliphatic heterocycles. The number of hydrogen-bond acceptors (Lipinski definition) is 4. The van der Waals surface area contributed by atoms with E-state index < -0.39 is 5.54 Å². The van der Waals surface area contributed by atoms with E-state index in [0.29, 0.717) is 31.8 Å². The largest absolute Gasteiger partial charge is 0.356 e. The molecule has 2 aliphatic carbocycles. The first-order chi connectivity index (χ1) is 14.0. The number of likely N-dealkylation sites (tertiary alicyclic amines) is 1. The number of imide groups is 1. The van der Waals surface area contributed by atoms with E-state index in [-0.39, 0.29) is 42.6 Å². The van der Waals surface area contributed by atoms with Gasteiger partial charge in [-0.2, -0.15) is 0 Å². The van der Waals surface area contributed by atoms with E-state index in [1.807, 2.05) is 0 Å². The molecule has 8 heteroatoms. The van der Waals surface area contributed by atoms with Crippen molar-refractivity contribution in [3.8, 4) is 0 Å². The van der Waals surface area contributed by atoms with Crippen LogP contribution in [0.1, 0.15) is 64.2 Å². The molecule has 2 saturated heterocycles. The summed E-state index contributed by atoms with van der Waals surface area (Å²) in [6.07, 6.45) is 8.46. The highest BCUT2D eigenvalue weighted by Gasteiger charge is 2.51. The molecule has 8 nitrogen and oxygen atoms in total. The fourth-order valence-electron chi connectivity index (χ4n) is 4.87. The zero-order valence-corrected chi connectivity index (χ0v) is 17.1. The summed E-state index contributed by atoms with van der Waals surface area (Å²) in [5.41, 5.74) is -0.742. The molecule has 0 aromatic carbocycles. The maximum absolute atomic E-state index is 12.8. The normalized spacial score (nSPS) is 26.6. The third kappa shape index (κ3) is 4.41. The molecule has 1 atom stereocenters. The van der Waals surface area contributed by atoms with E-state index in [1.165, 1.54) is 17.7 Å². The van der Waals surface area contributed by atoms with E-state index in [1.54, 1.807) is 4.90 Å². The molecule has 0 aromatic rings. The van der Waals surface area contributed by atoms with Crippen LogP contribution in [-0.2, 0) is 14.4 Å². The Morgan fingerprint density at radius 2 is 1.83 bits per heavy atom. The van der Waals surface area contributed by atoms with Crippen molar-refractivity contribution in [3.63, 3.8) is 0 Å². The molecule has 1 unspecified atom stereocenters.